The zero-order valence-electron chi connectivity index (χ0n) is 10.6. The maximum atomic E-state index is 12.2. The highest BCUT2D eigenvalue weighted by Gasteiger charge is 2.44. The van der Waals surface area contributed by atoms with Gasteiger partial charge in [-0.25, -0.2) is 0 Å². The molecular formula is C12H15N3O3. The molecule has 0 aliphatic carbocycles. The second kappa shape index (κ2) is 3.69. The summed E-state index contributed by atoms with van der Waals surface area (Å²) in [4.78, 5) is 24.2. The van der Waals surface area contributed by atoms with Crippen molar-refractivity contribution in [3.8, 4) is 0 Å². The van der Waals surface area contributed by atoms with E-state index in [4.69, 9.17) is 5.73 Å². The third-order valence-corrected chi connectivity index (χ3v) is 3.40. The van der Waals surface area contributed by atoms with Crippen LogP contribution < -0.4 is 10.6 Å². The van der Waals surface area contributed by atoms with Gasteiger partial charge in [-0.15, -0.1) is 0 Å². The van der Waals surface area contributed by atoms with Crippen molar-refractivity contribution in [3.05, 3.63) is 27.8 Å². The normalized spacial score (nSPS) is 16.8. The van der Waals surface area contributed by atoms with Crippen LogP contribution in [-0.4, -0.2) is 17.4 Å². The number of carbonyl (C=O) groups is 1. The molecule has 1 aliphatic rings. The number of amides is 1. The number of nitro groups is 1. The Morgan fingerprint density at radius 3 is 2.56 bits per heavy atom. The van der Waals surface area contributed by atoms with Gasteiger partial charge < -0.3 is 10.6 Å². The van der Waals surface area contributed by atoms with E-state index in [2.05, 4.69) is 0 Å². The fourth-order valence-electron chi connectivity index (χ4n) is 2.35. The molecule has 2 rings (SSSR count). The lowest BCUT2D eigenvalue weighted by molar-refractivity contribution is -0.384. The number of carbonyl (C=O) groups excluding carboxylic acids is 1. The molecule has 0 aromatic heterocycles. The van der Waals surface area contributed by atoms with Gasteiger partial charge in [0.05, 0.1) is 16.0 Å². The topological polar surface area (TPSA) is 89.5 Å². The van der Waals surface area contributed by atoms with Crippen LogP contribution in [0.15, 0.2) is 12.1 Å². The number of anilines is 2. The zero-order chi connectivity index (χ0) is 13.7. The number of hydrogen-bond donors (Lipinski definition) is 1. The molecule has 0 unspecified atom stereocenters. The van der Waals surface area contributed by atoms with Crippen LogP contribution in [-0.2, 0) is 10.2 Å². The zero-order valence-corrected chi connectivity index (χ0v) is 10.6. The number of nitrogens with zero attached hydrogens (tertiary/aromatic N) is 2. The van der Waals surface area contributed by atoms with Crippen molar-refractivity contribution in [1.29, 1.82) is 0 Å². The maximum absolute atomic E-state index is 12.2. The van der Waals surface area contributed by atoms with Crippen molar-refractivity contribution in [1.82, 2.24) is 0 Å². The Morgan fingerprint density at radius 1 is 1.44 bits per heavy atom. The van der Waals surface area contributed by atoms with Gasteiger partial charge in [0.25, 0.3) is 5.69 Å². The molecule has 0 saturated carbocycles. The summed E-state index contributed by atoms with van der Waals surface area (Å²) < 4.78 is 0. The number of fused-ring (bicyclic) bond motifs is 1. The Labute approximate surface area is 105 Å². The van der Waals surface area contributed by atoms with Crippen molar-refractivity contribution in [2.45, 2.75) is 26.2 Å². The van der Waals surface area contributed by atoms with Crippen molar-refractivity contribution in [3.63, 3.8) is 0 Å². The molecule has 1 aromatic rings. The first-order valence-corrected chi connectivity index (χ1v) is 5.71. The number of hydrogen-bond acceptors (Lipinski definition) is 4. The summed E-state index contributed by atoms with van der Waals surface area (Å²) in [6.07, 6.45) is 0. The number of rotatable bonds is 2. The first-order chi connectivity index (χ1) is 8.30. The molecule has 6 heteroatoms. The largest absolute Gasteiger partial charge is 0.393 e. The Bertz CT molecular complexity index is 552. The van der Waals surface area contributed by atoms with E-state index in [1.807, 2.05) is 6.92 Å². The van der Waals surface area contributed by atoms with E-state index < -0.39 is 10.3 Å². The average molecular weight is 249 g/mol. The molecule has 1 aromatic carbocycles. The Kier molecular flexibility index (Phi) is 2.53. The fourth-order valence-corrected chi connectivity index (χ4v) is 2.35. The standard InChI is InChI=1S/C12H15N3O3/c1-4-14-9-6-8(13)10(15(17)18)5-7(9)12(2,3)11(14)16/h5-6H,4,13H2,1-3H3. The van der Waals surface area contributed by atoms with Crippen LogP contribution in [0, 0.1) is 10.1 Å². The molecule has 6 nitrogen and oxygen atoms in total. The minimum absolute atomic E-state index is 0.0557. The molecule has 0 fully saturated rings. The second-order valence-corrected chi connectivity index (χ2v) is 4.86. The van der Waals surface area contributed by atoms with Gasteiger partial charge in [-0.1, -0.05) is 0 Å². The molecule has 1 heterocycles. The van der Waals surface area contributed by atoms with Crippen LogP contribution in [0.4, 0.5) is 17.1 Å². The predicted octanol–water partition coefficient (Wildman–Crippen LogP) is 1.82. The summed E-state index contributed by atoms with van der Waals surface area (Å²) in [7, 11) is 0. The Morgan fingerprint density at radius 2 is 2.06 bits per heavy atom. The van der Waals surface area contributed by atoms with E-state index in [1.165, 1.54) is 12.1 Å². The first-order valence-electron chi connectivity index (χ1n) is 5.71. The number of benzene rings is 1. The number of nitrogen functional groups attached to an aromatic ring is 1. The fraction of sp³-hybridized carbons (Fsp3) is 0.417. The minimum Gasteiger partial charge on any atom is -0.393 e. The summed E-state index contributed by atoms with van der Waals surface area (Å²) in [5.74, 6) is -0.0557. The van der Waals surface area contributed by atoms with E-state index in [1.54, 1.807) is 18.7 Å². The smallest absolute Gasteiger partial charge is 0.292 e. The van der Waals surface area contributed by atoms with Gasteiger partial charge in [0.2, 0.25) is 5.91 Å². The van der Waals surface area contributed by atoms with Gasteiger partial charge in [-0.2, -0.15) is 0 Å². The van der Waals surface area contributed by atoms with Crippen LogP contribution in [0.2, 0.25) is 0 Å². The molecule has 1 aliphatic heterocycles. The quantitative estimate of drug-likeness (QED) is 0.491. The Balaban J connectivity index is 2.71. The molecule has 0 atom stereocenters. The first kappa shape index (κ1) is 12.3. The third kappa shape index (κ3) is 1.45. The highest BCUT2D eigenvalue weighted by molar-refractivity contribution is 6.08. The van der Waals surface area contributed by atoms with Gasteiger partial charge in [0, 0.05) is 12.6 Å². The van der Waals surface area contributed by atoms with Crippen LogP contribution in [0.3, 0.4) is 0 Å². The molecule has 18 heavy (non-hydrogen) atoms. The average Bonchev–Trinajstić information content (AvgIpc) is 2.46. The number of nitro benzene ring substituents is 1. The lowest BCUT2D eigenvalue weighted by Crippen LogP contribution is -2.35. The van der Waals surface area contributed by atoms with Crippen LogP contribution in [0.5, 0.6) is 0 Å². The monoisotopic (exact) mass is 249 g/mol. The SMILES string of the molecule is CCN1C(=O)C(C)(C)c2cc([N+](=O)[O-])c(N)cc21. The molecule has 0 bridgehead atoms. The van der Waals surface area contributed by atoms with E-state index in [0.29, 0.717) is 17.8 Å². The van der Waals surface area contributed by atoms with Gasteiger partial charge in [-0.05, 0) is 32.4 Å². The second-order valence-electron chi connectivity index (χ2n) is 4.86. The number of likely N-dealkylation sites (N-methyl/N-ethyl adjacent to an activating group) is 1. The third-order valence-electron chi connectivity index (χ3n) is 3.40. The summed E-state index contributed by atoms with van der Waals surface area (Å²) >= 11 is 0. The highest BCUT2D eigenvalue weighted by atomic mass is 16.6. The lowest BCUT2D eigenvalue weighted by atomic mass is 9.86. The summed E-state index contributed by atoms with van der Waals surface area (Å²) in [6, 6.07) is 2.93. The van der Waals surface area contributed by atoms with Crippen molar-refractivity contribution in [2.24, 2.45) is 0 Å². The van der Waals surface area contributed by atoms with Gasteiger partial charge in [-0.3, -0.25) is 14.9 Å². The van der Waals surface area contributed by atoms with E-state index >= 15 is 0 Å². The van der Waals surface area contributed by atoms with Gasteiger partial charge in [0.15, 0.2) is 0 Å². The molecule has 1 amide bonds. The van der Waals surface area contributed by atoms with Gasteiger partial charge in [0.1, 0.15) is 5.69 Å². The van der Waals surface area contributed by atoms with E-state index in [0.717, 1.165) is 0 Å². The summed E-state index contributed by atoms with van der Waals surface area (Å²) in [6.45, 7) is 5.92. The number of nitrogens with two attached hydrogens (primary N) is 1. The van der Waals surface area contributed by atoms with Crippen LogP contribution in [0.25, 0.3) is 0 Å². The van der Waals surface area contributed by atoms with Crippen molar-refractivity contribution in [2.75, 3.05) is 17.2 Å². The lowest BCUT2D eigenvalue weighted by Gasteiger charge is -2.18. The van der Waals surface area contributed by atoms with Crippen LogP contribution >= 0.6 is 0 Å². The summed E-state index contributed by atoms with van der Waals surface area (Å²) in [5.41, 5.74) is 6.20. The summed E-state index contributed by atoms with van der Waals surface area (Å²) in [5, 5.41) is 10.9. The maximum Gasteiger partial charge on any atom is 0.292 e. The Hall–Kier alpha value is -2.11. The molecular weight excluding hydrogens is 234 g/mol. The molecule has 0 saturated heterocycles. The van der Waals surface area contributed by atoms with Crippen molar-refractivity contribution >= 4 is 23.0 Å². The molecule has 2 N–H and O–H groups in total. The van der Waals surface area contributed by atoms with Gasteiger partial charge >= 0.3 is 0 Å². The molecule has 0 radical (unpaired) electrons. The highest BCUT2D eigenvalue weighted by Crippen LogP contribution is 2.44. The molecule has 0 spiro atoms. The van der Waals surface area contributed by atoms with E-state index in [9.17, 15) is 14.9 Å². The predicted molar refractivity (Wildman–Crippen MR) is 68.6 cm³/mol. The van der Waals surface area contributed by atoms with Crippen molar-refractivity contribution < 1.29 is 9.72 Å². The molecule has 96 valence electrons. The minimum atomic E-state index is -0.746. The van der Waals surface area contributed by atoms with E-state index in [-0.39, 0.29) is 17.3 Å². The van der Waals surface area contributed by atoms with Crippen LogP contribution in [0.1, 0.15) is 26.3 Å².